The molecule has 0 spiro atoms. The number of carbonyl (C=O) groups is 2. The molecule has 0 radical (unpaired) electrons. The zero-order chi connectivity index (χ0) is 30.9. The number of nitrogens with one attached hydrogen (secondary N) is 2. The van der Waals surface area contributed by atoms with Crippen LogP contribution in [0.25, 0.3) is 5.69 Å². The Kier molecular flexibility index (Phi) is 9.21. The van der Waals surface area contributed by atoms with Crippen LogP contribution >= 0.6 is 11.6 Å². The molecule has 0 unspecified atom stereocenters. The molecule has 4 N–H and O–H groups in total. The van der Waals surface area contributed by atoms with E-state index in [1.165, 1.54) is 40.9 Å². The number of hydrogen-bond donors (Lipinski definition) is 3. The van der Waals surface area contributed by atoms with Crippen LogP contribution in [-0.2, 0) is 4.79 Å². The lowest BCUT2D eigenvalue weighted by molar-refractivity contribution is -0.128. The standard InChI is InChI=1S/C28H36ClF2N9O2/c1-15-12-39(13-16(2)38(15)6)23-10-19(30)22(40-14-24(35-36-40)33-8-7-25(41)37(4)5)11-21(23)34-28(42)18-9-20(32)27(31)17(3)26(18)29/h9-11,14-16,33H,7-8,12-13,32H2,1-6H3,(H,34,42)/t15-,16+. The first kappa shape index (κ1) is 31.0. The molecule has 226 valence electrons. The normalized spacial score (nSPS) is 17.3. The van der Waals surface area contributed by atoms with E-state index >= 15 is 4.39 Å². The van der Waals surface area contributed by atoms with Gasteiger partial charge in [-0.25, -0.2) is 13.5 Å². The van der Waals surface area contributed by atoms with E-state index in [0.717, 1.165) is 0 Å². The maximum atomic E-state index is 15.7. The molecule has 1 aliphatic heterocycles. The van der Waals surface area contributed by atoms with E-state index in [9.17, 15) is 14.0 Å². The third kappa shape index (κ3) is 6.41. The predicted octanol–water partition coefficient (Wildman–Crippen LogP) is 3.76. The molecule has 0 bridgehead atoms. The minimum Gasteiger partial charge on any atom is -0.396 e. The molecule has 2 heterocycles. The molecule has 2 amide bonds. The van der Waals surface area contributed by atoms with Crippen molar-refractivity contribution in [2.24, 2.45) is 0 Å². The number of nitrogen functional groups attached to an aromatic ring is 1. The van der Waals surface area contributed by atoms with Crippen molar-refractivity contribution < 1.29 is 18.4 Å². The molecule has 11 nitrogen and oxygen atoms in total. The Balaban J connectivity index is 1.70. The Morgan fingerprint density at radius 2 is 1.81 bits per heavy atom. The number of benzene rings is 2. The molecule has 4 rings (SSSR count). The monoisotopic (exact) mass is 603 g/mol. The third-order valence-corrected chi connectivity index (χ3v) is 8.08. The summed E-state index contributed by atoms with van der Waals surface area (Å²) in [5, 5.41) is 13.8. The van der Waals surface area contributed by atoms with Gasteiger partial charge in [0.2, 0.25) is 5.91 Å². The second kappa shape index (κ2) is 12.5. The molecule has 3 aromatic rings. The summed E-state index contributed by atoms with van der Waals surface area (Å²) in [7, 11) is 5.38. The Hall–Kier alpha value is -3.97. The fourth-order valence-corrected chi connectivity index (χ4v) is 5.05. The van der Waals surface area contributed by atoms with Crippen molar-refractivity contribution in [1.29, 1.82) is 0 Å². The van der Waals surface area contributed by atoms with E-state index in [2.05, 4.69) is 39.7 Å². The number of nitrogens with two attached hydrogens (primary N) is 1. The van der Waals surface area contributed by atoms with Gasteiger partial charge in [0.15, 0.2) is 17.5 Å². The summed E-state index contributed by atoms with van der Waals surface area (Å²) in [6.07, 6.45) is 1.74. The number of likely N-dealkylation sites (N-methyl/N-ethyl adjacent to an activating group) is 1. The van der Waals surface area contributed by atoms with Crippen molar-refractivity contribution in [3.05, 3.63) is 52.2 Å². The van der Waals surface area contributed by atoms with Gasteiger partial charge >= 0.3 is 0 Å². The van der Waals surface area contributed by atoms with Gasteiger partial charge in [-0.3, -0.25) is 14.5 Å². The maximum Gasteiger partial charge on any atom is 0.257 e. The summed E-state index contributed by atoms with van der Waals surface area (Å²) in [4.78, 5) is 31.0. The third-order valence-electron chi connectivity index (χ3n) is 7.59. The van der Waals surface area contributed by atoms with Gasteiger partial charge in [0.05, 0.1) is 33.8 Å². The molecule has 1 saturated heterocycles. The Labute approximate surface area is 248 Å². The van der Waals surface area contributed by atoms with E-state index in [-0.39, 0.29) is 51.9 Å². The molecule has 42 heavy (non-hydrogen) atoms. The summed E-state index contributed by atoms with van der Waals surface area (Å²) < 4.78 is 31.2. The van der Waals surface area contributed by atoms with E-state index in [4.69, 9.17) is 17.3 Å². The van der Waals surface area contributed by atoms with Crippen molar-refractivity contribution in [1.82, 2.24) is 24.8 Å². The molecule has 2 atom stereocenters. The molecule has 1 aromatic heterocycles. The Bertz CT molecular complexity index is 1480. The summed E-state index contributed by atoms with van der Waals surface area (Å²) in [6.45, 7) is 7.09. The Morgan fingerprint density at radius 3 is 2.45 bits per heavy atom. The van der Waals surface area contributed by atoms with Crippen LogP contribution in [0, 0.1) is 18.6 Å². The first-order valence-corrected chi connectivity index (χ1v) is 13.9. The fraction of sp³-hybridized carbons (Fsp3) is 0.429. The number of hydrogen-bond acceptors (Lipinski definition) is 8. The molecule has 1 fully saturated rings. The number of anilines is 4. The number of rotatable bonds is 8. The minimum absolute atomic E-state index is 0.00970. The first-order valence-electron chi connectivity index (χ1n) is 13.5. The second-order valence-electron chi connectivity index (χ2n) is 10.8. The number of halogens is 3. The summed E-state index contributed by atoms with van der Waals surface area (Å²) in [5.74, 6) is -1.61. The van der Waals surface area contributed by atoms with Crippen LogP contribution in [-0.4, -0.2) is 89.5 Å². The predicted molar refractivity (Wildman–Crippen MR) is 161 cm³/mol. The van der Waals surface area contributed by atoms with E-state index in [1.54, 1.807) is 14.1 Å². The van der Waals surface area contributed by atoms with Crippen LogP contribution in [0.4, 0.5) is 31.7 Å². The lowest BCUT2D eigenvalue weighted by Crippen LogP contribution is -2.55. The fourth-order valence-electron chi connectivity index (χ4n) is 4.83. The van der Waals surface area contributed by atoms with Crippen LogP contribution in [0.15, 0.2) is 24.4 Å². The topological polar surface area (TPSA) is 125 Å². The first-order chi connectivity index (χ1) is 19.8. The second-order valence-corrected chi connectivity index (χ2v) is 11.2. The average molecular weight is 604 g/mol. The van der Waals surface area contributed by atoms with Crippen LogP contribution in [0.3, 0.4) is 0 Å². The highest BCUT2D eigenvalue weighted by molar-refractivity contribution is 6.35. The van der Waals surface area contributed by atoms with Crippen molar-refractivity contribution >= 4 is 46.3 Å². The Morgan fingerprint density at radius 1 is 1.14 bits per heavy atom. The molecule has 2 aromatic carbocycles. The van der Waals surface area contributed by atoms with Gasteiger partial charge in [-0.1, -0.05) is 16.8 Å². The van der Waals surface area contributed by atoms with Gasteiger partial charge in [0.25, 0.3) is 5.91 Å². The van der Waals surface area contributed by atoms with E-state index in [1.807, 2.05) is 11.9 Å². The molecule has 0 saturated carbocycles. The lowest BCUT2D eigenvalue weighted by Gasteiger charge is -2.44. The number of piperazine rings is 1. The van der Waals surface area contributed by atoms with E-state index < -0.39 is 17.5 Å². The molecule has 14 heteroatoms. The molecule has 1 aliphatic rings. The van der Waals surface area contributed by atoms with Gasteiger partial charge in [-0.15, -0.1) is 5.10 Å². The number of carbonyl (C=O) groups excluding carboxylic acids is 2. The van der Waals surface area contributed by atoms with E-state index in [0.29, 0.717) is 36.8 Å². The number of aromatic nitrogens is 3. The zero-order valence-corrected chi connectivity index (χ0v) is 25.3. The van der Waals surface area contributed by atoms with Crippen molar-refractivity contribution in [2.75, 3.05) is 62.0 Å². The molecular formula is C28H36ClF2N9O2. The van der Waals surface area contributed by atoms with Gasteiger partial charge < -0.3 is 26.2 Å². The molecule has 0 aliphatic carbocycles. The van der Waals surface area contributed by atoms with Crippen molar-refractivity contribution in [3.63, 3.8) is 0 Å². The quantitative estimate of drug-likeness (QED) is 0.333. The minimum atomic E-state index is -0.691. The van der Waals surface area contributed by atoms with Crippen LogP contribution in [0.1, 0.15) is 36.2 Å². The summed E-state index contributed by atoms with van der Waals surface area (Å²) in [6, 6.07) is 4.33. The number of amides is 2. The SMILES string of the molecule is Cc1c(F)c(N)cc(C(=O)Nc2cc(-n3cc(NCCC(=O)N(C)C)nn3)c(F)cc2N2C[C@@H](C)N(C)[C@@H](C)C2)c1Cl. The van der Waals surface area contributed by atoms with Crippen molar-refractivity contribution in [2.45, 2.75) is 39.3 Å². The maximum absolute atomic E-state index is 15.7. The van der Waals surface area contributed by atoms with Gasteiger partial charge in [-0.2, -0.15) is 0 Å². The zero-order valence-electron chi connectivity index (χ0n) is 24.5. The van der Waals surface area contributed by atoms with Crippen molar-refractivity contribution in [3.8, 4) is 5.69 Å². The molecular weight excluding hydrogens is 568 g/mol. The van der Waals surface area contributed by atoms with Crippen LogP contribution < -0.4 is 21.3 Å². The van der Waals surface area contributed by atoms with Crippen LogP contribution in [0.2, 0.25) is 5.02 Å². The average Bonchev–Trinajstić information content (AvgIpc) is 3.41. The lowest BCUT2D eigenvalue weighted by atomic mass is 10.1. The highest BCUT2D eigenvalue weighted by atomic mass is 35.5. The largest absolute Gasteiger partial charge is 0.396 e. The highest BCUT2D eigenvalue weighted by Gasteiger charge is 2.30. The summed E-state index contributed by atoms with van der Waals surface area (Å²) in [5.41, 5.74) is 6.43. The van der Waals surface area contributed by atoms with Crippen LogP contribution in [0.5, 0.6) is 0 Å². The smallest absolute Gasteiger partial charge is 0.257 e. The number of nitrogens with zero attached hydrogens (tertiary/aromatic N) is 6. The highest BCUT2D eigenvalue weighted by Crippen LogP contribution is 2.35. The van der Waals surface area contributed by atoms with Gasteiger partial charge in [-0.05, 0) is 40.0 Å². The van der Waals surface area contributed by atoms with Gasteiger partial charge in [0.1, 0.15) is 5.69 Å². The summed E-state index contributed by atoms with van der Waals surface area (Å²) >= 11 is 6.32. The van der Waals surface area contributed by atoms with Gasteiger partial charge in [0, 0.05) is 63.9 Å².